The fraction of sp³-hybridized carbons (Fsp3) is 0.632. The molecule has 3 aliphatic rings. The minimum absolute atomic E-state index is 0.0457. The lowest BCUT2D eigenvalue weighted by Crippen LogP contribution is -2.46. The molecule has 26 heavy (non-hydrogen) atoms. The average Bonchev–Trinajstić information content (AvgIpc) is 3.01. The summed E-state index contributed by atoms with van der Waals surface area (Å²) in [6, 6.07) is 3.95. The normalized spacial score (nSPS) is 28.8. The molecule has 6 nitrogen and oxygen atoms in total. The highest BCUT2D eigenvalue weighted by Crippen LogP contribution is 2.54. The van der Waals surface area contributed by atoms with E-state index < -0.39 is 6.09 Å². The van der Waals surface area contributed by atoms with E-state index in [9.17, 15) is 4.79 Å². The Bertz CT molecular complexity index is 722. The van der Waals surface area contributed by atoms with Crippen LogP contribution >= 0.6 is 15.9 Å². The van der Waals surface area contributed by atoms with E-state index in [2.05, 4.69) is 52.2 Å². The van der Waals surface area contributed by atoms with Crippen LogP contribution in [-0.4, -0.2) is 55.9 Å². The van der Waals surface area contributed by atoms with Crippen LogP contribution in [0.25, 0.3) is 0 Å². The maximum absolute atomic E-state index is 12.3. The molecule has 2 fully saturated rings. The molecule has 0 spiro atoms. The minimum atomic E-state index is -0.407. The summed E-state index contributed by atoms with van der Waals surface area (Å²) >= 11 is 3.70. The van der Waals surface area contributed by atoms with Crippen LogP contribution in [0.4, 0.5) is 10.5 Å². The molecule has 0 bridgehead atoms. The fourth-order valence-corrected chi connectivity index (χ4v) is 5.68. The second-order valence-corrected chi connectivity index (χ2v) is 8.84. The molecule has 2 atom stereocenters. The largest absolute Gasteiger partial charge is 0.427 e. The number of likely N-dealkylation sites (tertiary alicyclic amines) is 1. The van der Waals surface area contributed by atoms with E-state index in [1.807, 2.05) is 17.1 Å². The number of nitrogens with one attached hydrogen (secondary N) is 1. The number of fused-ring (bicyclic) bond motifs is 3. The number of piperidine rings is 1. The van der Waals surface area contributed by atoms with Gasteiger partial charge in [-0.05, 0) is 59.9 Å². The van der Waals surface area contributed by atoms with Crippen LogP contribution in [0, 0.1) is 0 Å². The Morgan fingerprint density at radius 1 is 1.23 bits per heavy atom. The quantitative estimate of drug-likeness (QED) is 0.791. The van der Waals surface area contributed by atoms with E-state index >= 15 is 0 Å². The Morgan fingerprint density at radius 2 is 1.96 bits per heavy atom. The van der Waals surface area contributed by atoms with Gasteiger partial charge < -0.3 is 9.64 Å². The third kappa shape index (κ3) is 2.90. The van der Waals surface area contributed by atoms with E-state index in [4.69, 9.17) is 4.74 Å². The van der Waals surface area contributed by atoms with Crippen LogP contribution < -0.4 is 15.1 Å². The summed E-state index contributed by atoms with van der Waals surface area (Å²) in [6.45, 7) is 5.16. The second kappa shape index (κ2) is 6.69. The number of ether oxygens (including phenoxy) is 1. The third-order valence-corrected chi connectivity index (χ3v) is 6.76. The van der Waals surface area contributed by atoms with E-state index in [1.165, 1.54) is 17.7 Å². The highest BCUT2D eigenvalue weighted by Gasteiger charge is 2.53. The summed E-state index contributed by atoms with van der Waals surface area (Å²) in [7, 11) is 4.32. The molecule has 3 aliphatic heterocycles. The molecule has 7 heteroatoms. The zero-order valence-corrected chi connectivity index (χ0v) is 17.3. The molecule has 0 radical (unpaired) electrons. The predicted octanol–water partition coefficient (Wildman–Crippen LogP) is 3.31. The van der Waals surface area contributed by atoms with Gasteiger partial charge in [-0.25, -0.2) is 9.80 Å². The van der Waals surface area contributed by atoms with Crippen LogP contribution in [0.15, 0.2) is 16.6 Å². The number of halogens is 1. The smallest absolute Gasteiger partial charge is 0.409 e. The van der Waals surface area contributed by atoms with Gasteiger partial charge >= 0.3 is 6.09 Å². The van der Waals surface area contributed by atoms with E-state index in [-0.39, 0.29) is 5.41 Å². The van der Waals surface area contributed by atoms with Gasteiger partial charge in [-0.2, -0.15) is 0 Å². The van der Waals surface area contributed by atoms with Crippen LogP contribution in [0.5, 0.6) is 5.75 Å². The molecule has 1 amide bonds. The number of carbonyl (C=O) groups is 1. The van der Waals surface area contributed by atoms with Crippen molar-refractivity contribution in [2.45, 2.75) is 44.2 Å². The number of hydrogen-bond donors (Lipinski definition) is 1. The van der Waals surface area contributed by atoms with Crippen LogP contribution in [0.2, 0.25) is 0 Å². The molecule has 4 rings (SSSR count). The molecule has 3 heterocycles. The van der Waals surface area contributed by atoms with Gasteiger partial charge in [0.25, 0.3) is 0 Å². The fourth-order valence-electron chi connectivity index (χ4n) is 4.96. The molecule has 1 aromatic carbocycles. The highest BCUT2D eigenvalue weighted by atomic mass is 79.9. The van der Waals surface area contributed by atoms with Crippen molar-refractivity contribution in [3.63, 3.8) is 0 Å². The predicted molar refractivity (Wildman–Crippen MR) is 106 cm³/mol. The lowest BCUT2D eigenvalue weighted by molar-refractivity contribution is 0.129. The maximum atomic E-state index is 12.3. The first-order valence-corrected chi connectivity index (χ1v) is 10.2. The second-order valence-electron chi connectivity index (χ2n) is 7.98. The average molecular weight is 423 g/mol. The summed E-state index contributed by atoms with van der Waals surface area (Å²) in [6.07, 6.45) is 4.49. The van der Waals surface area contributed by atoms with Crippen LogP contribution in [-0.2, 0) is 5.41 Å². The Kier molecular flexibility index (Phi) is 4.65. The van der Waals surface area contributed by atoms with E-state index in [0.29, 0.717) is 11.9 Å². The van der Waals surface area contributed by atoms with Gasteiger partial charge in [0.2, 0.25) is 0 Å². The first-order valence-electron chi connectivity index (χ1n) is 9.41. The number of carbonyl (C=O) groups excluding carboxylic acids is 1. The standard InChI is InChI=1S/C19H27BrN4O2/c1-19-7-10-22(2)17(19)23(3)16-14(19)11-13(12-15(16)20)26-18(25)21-24-8-5-4-6-9-24/h11-12,17H,4-10H2,1-3H3,(H,21,25)/t17-,19-/m0/s1. The summed E-state index contributed by atoms with van der Waals surface area (Å²) in [5.74, 6) is 0.593. The Labute approximate surface area is 163 Å². The van der Waals surface area contributed by atoms with Crippen molar-refractivity contribution < 1.29 is 9.53 Å². The van der Waals surface area contributed by atoms with Crippen molar-refractivity contribution in [2.75, 3.05) is 38.6 Å². The molecular weight excluding hydrogens is 396 g/mol. The van der Waals surface area contributed by atoms with E-state index in [1.54, 1.807) is 0 Å². The lowest BCUT2D eigenvalue weighted by Gasteiger charge is -2.32. The Morgan fingerprint density at radius 3 is 2.69 bits per heavy atom. The molecule has 0 aromatic heterocycles. The topological polar surface area (TPSA) is 48.1 Å². The molecule has 0 unspecified atom stereocenters. The lowest BCUT2D eigenvalue weighted by atomic mass is 9.81. The van der Waals surface area contributed by atoms with Gasteiger partial charge in [-0.1, -0.05) is 13.3 Å². The number of likely N-dealkylation sites (N-methyl/N-ethyl adjacent to an activating group) is 2. The zero-order valence-electron chi connectivity index (χ0n) is 15.7. The van der Waals surface area contributed by atoms with Crippen molar-refractivity contribution in [3.8, 4) is 5.75 Å². The maximum Gasteiger partial charge on any atom is 0.427 e. The summed E-state index contributed by atoms with van der Waals surface area (Å²) < 4.78 is 6.60. The molecule has 0 aliphatic carbocycles. The van der Waals surface area contributed by atoms with Gasteiger partial charge in [-0.15, -0.1) is 0 Å². The van der Waals surface area contributed by atoms with Gasteiger partial charge in [0.15, 0.2) is 0 Å². The Hall–Kier alpha value is -1.31. The number of rotatable bonds is 2. The highest BCUT2D eigenvalue weighted by molar-refractivity contribution is 9.10. The molecular formula is C19H27BrN4O2. The van der Waals surface area contributed by atoms with Gasteiger partial charge in [-0.3, -0.25) is 10.3 Å². The van der Waals surface area contributed by atoms with Crippen molar-refractivity contribution in [1.82, 2.24) is 15.3 Å². The number of hydrazine groups is 1. The monoisotopic (exact) mass is 422 g/mol. The Balaban J connectivity index is 1.56. The number of benzene rings is 1. The van der Waals surface area contributed by atoms with Crippen molar-refractivity contribution >= 4 is 27.7 Å². The van der Waals surface area contributed by atoms with Crippen molar-refractivity contribution in [2.24, 2.45) is 0 Å². The van der Waals surface area contributed by atoms with Crippen molar-refractivity contribution in [3.05, 3.63) is 22.2 Å². The SMILES string of the molecule is CN1CC[C@@]2(C)c3cc(OC(=O)NN4CCCCC4)cc(Br)c3N(C)[C@H]12. The number of anilines is 1. The van der Waals surface area contributed by atoms with Gasteiger partial charge in [0.05, 0.1) is 11.9 Å². The molecule has 1 aromatic rings. The minimum Gasteiger partial charge on any atom is -0.409 e. The summed E-state index contributed by atoms with van der Waals surface area (Å²) in [5.41, 5.74) is 5.37. The van der Waals surface area contributed by atoms with Gasteiger partial charge in [0.1, 0.15) is 5.75 Å². The number of amides is 1. The van der Waals surface area contributed by atoms with Gasteiger partial charge in [0, 0.05) is 36.6 Å². The molecule has 1 N–H and O–H groups in total. The number of nitrogens with zero attached hydrogens (tertiary/aromatic N) is 3. The summed E-state index contributed by atoms with van der Waals surface area (Å²) in [5, 5.41) is 1.95. The molecule has 142 valence electrons. The number of hydrogen-bond acceptors (Lipinski definition) is 5. The van der Waals surface area contributed by atoms with Crippen LogP contribution in [0.3, 0.4) is 0 Å². The third-order valence-electron chi connectivity index (χ3n) is 6.16. The zero-order chi connectivity index (χ0) is 18.5. The molecule has 0 saturated carbocycles. The van der Waals surface area contributed by atoms with E-state index in [0.717, 1.165) is 43.4 Å². The summed E-state index contributed by atoms with van der Waals surface area (Å²) in [4.78, 5) is 17.0. The van der Waals surface area contributed by atoms with Crippen molar-refractivity contribution in [1.29, 1.82) is 0 Å². The first-order chi connectivity index (χ1) is 12.4. The molecule has 2 saturated heterocycles. The first kappa shape index (κ1) is 18.1. The van der Waals surface area contributed by atoms with Crippen LogP contribution in [0.1, 0.15) is 38.2 Å².